The third-order valence-electron chi connectivity index (χ3n) is 3.91. The summed E-state index contributed by atoms with van der Waals surface area (Å²) >= 11 is 0. The fraction of sp³-hybridized carbons (Fsp3) is 0.588. The van der Waals surface area contributed by atoms with Crippen LogP contribution >= 0.6 is 0 Å². The van der Waals surface area contributed by atoms with Gasteiger partial charge in [0.2, 0.25) is 0 Å². The standard InChI is InChI=1S/C17H26N2O3/c1-3-4-10-22-17(20)19-9-8-18-13-15(19)11-14-6-5-7-16(12-14)21-2/h5-7,12,15,18H,3-4,8-11,13H2,1-2H3. The van der Waals surface area contributed by atoms with Gasteiger partial charge in [-0.05, 0) is 30.5 Å². The summed E-state index contributed by atoms with van der Waals surface area (Å²) in [5.74, 6) is 0.846. The topological polar surface area (TPSA) is 50.8 Å². The van der Waals surface area contributed by atoms with Crippen LogP contribution in [0.5, 0.6) is 5.75 Å². The van der Waals surface area contributed by atoms with E-state index in [0.29, 0.717) is 13.2 Å². The van der Waals surface area contributed by atoms with Crippen LogP contribution in [0.15, 0.2) is 24.3 Å². The molecule has 0 aliphatic carbocycles. The molecular formula is C17H26N2O3. The fourth-order valence-corrected chi connectivity index (χ4v) is 2.64. The first kappa shape index (κ1) is 16.6. The quantitative estimate of drug-likeness (QED) is 0.820. The monoisotopic (exact) mass is 306 g/mol. The first-order valence-corrected chi connectivity index (χ1v) is 8.01. The number of ether oxygens (including phenoxy) is 2. The highest BCUT2D eigenvalue weighted by atomic mass is 16.6. The molecule has 2 rings (SSSR count). The molecular weight excluding hydrogens is 280 g/mol. The molecule has 0 spiro atoms. The molecule has 0 bridgehead atoms. The lowest BCUT2D eigenvalue weighted by atomic mass is 10.0. The van der Waals surface area contributed by atoms with E-state index < -0.39 is 0 Å². The number of piperazine rings is 1. The Balaban J connectivity index is 1.98. The Bertz CT molecular complexity index is 479. The minimum absolute atomic E-state index is 0.120. The molecule has 1 atom stereocenters. The molecule has 1 heterocycles. The number of nitrogens with zero attached hydrogens (tertiary/aromatic N) is 1. The maximum absolute atomic E-state index is 12.2. The Hall–Kier alpha value is -1.75. The van der Waals surface area contributed by atoms with Gasteiger partial charge in [-0.1, -0.05) is 25.5 Å². The Morgan fingerprint density at radius 3 is 3.09 bits per heavy atom. The van der Waals surface area contributed by atoms with Crippen molar-refractivity contribution < 1.29 is 14.3 Å². The second kappa shape index (κ2) is 8.63. The molecule has 122 valence electrons. The first-order valence-electron chi connectivity index (χ1n) is 8.01. The molecule has 1 unspecified atom stereocenters. The lowest BCUT2D eigenvalue weighted by Gasteiger charge is -2.35. The lowest BCUT2D eigenvalue weighted by Crippen LogP contribution is -2.54. The second-order valence-corrected chi connectivity index (χ2v) is 5.57. The summed E-state index contributed by atoms with van der Waals surface area (Å²) in [6.07, 6.45) is 2.55. The van der Waals surface area contributed by atoms with Crippen LogP contribution in [0.1, 0.15) is 25.3 Å². The lowest BCUT2D eigenvalue weighted by molar-refractivity contribution is 0.0765. The third kappa shape index (κ3) is 4.63. The molecule has 1 aromatic rings. The Morgan fingerprint density at radius 2 is 2.32 bits per heavy atom. The van der Waals surface area contributed by atoms with Gasteiger partial charge in [0.05, 0.1) is 19.8 Å². The predicted octanol–water partition coefficient (Wildman–Crippen LogP) is 2.45. The average molecular weight is 306 g/mol. The van der Waals surface area contributed by atoms with Gasteiger partial charge in [0.25, 0.3) is 0 Å². The number of carbonyl (C=O) groups is 1. The third-order valence-corrected chi connectivity index (χ3v) is 3.91. The molecule has 5 nitrogen and oxygen atoms in total. The summed E-state index contributed by atoms with van der Waals surface area (Å²) in [6.45, 7) is 4.90. The van der Waals surface area contributed by atoms with E-state index in [0.717, 1.165) is 38.1 Å². The summed E-state index contributed by atoms with van der Waals surface area (Å²) in [5.41, 5.74) is 1.17. The average Bonchev–Trinajstić information content (AvgIpc) is 2.55. The molecule has 0 saturated carbocycles. The van der Waals surface area contributed by atoms with Crippen molar-refractivity contribution in [2.75, 3.05) is 33.4 Å². The van der Waals surface area contributed by atoms with Crippen LogP contribution in [0.25, 0.3) is 0 Å². The van der Waals surface area contributed by atoms with Crippen molar-refractivity contribution in [3.8, 4) is 5.75 Å². The van der Waals surface area contributed by atoms with Crippen LogP contribution in [0.2, 0.25) is 0 Å². The largest absolute Gasteiger partial charge is 0.497 e. The summed E-state index contributed by atoms with van der Waals surface area (Å²) in [7, 11) is 1.67. The van der Waals surface area contributed by atoms with Crippen LogP contribution in [0, 0.1) is 0 Å². The van der Waals surface area contributed by atoms with E-state index in [4.69, 9.17) is 9.47 Å². The Morgan fingerprint density at radius 1 is 1.45 bits per heavy atom. The summed E-state index contributed by atoms with van der Waals surface area (Å²) in [5, 5.41) is 3.36. The summed E-state index contributed by atoms with van der Waals surface area (Å²) in [4.78, 5) is 14.1. The summed E-state index contributed by atoms with van der Waals surface area (Å²) < 4.78 is 10.6. The number of carbonyl (C=O) groups excluding carboxylic acids is 1. The van der Waals surface area contributed by atoms with Gasteiger partial charge in [0.1, 0.15) is 5.75 Å². The highest BCUT2D eigenvalue weighted by Crippen LogP contribution is 2.17. The van der Waals surface area contributed by atoms with E-state index in [1.165, 1.54) is 5.56 Å². The smallest absolute Gasteiger partial charge is 0.410 e. The molecule has 1 aromatic carbocycles. The van der Waals surface area contributed by atoms with Crippen molar-refractivity contribution in [2.24, 2.45) is 0 Å². The van der Waals surface area contributed by atoms with Gasteiger partial charge in [-0.15, -0.1) is 0 Å². The number of methoxy groups -OCH3 is 1. The number of benzene rings is 1. The van der Waals surface area contributed by atoms with Gasteiger partial charge in [0, 0.05) is 19.6 Å². The van der Waals surface area contributed by atoms with Crippen molar-refractivity contribution in [1.29, 1.82) is 0 Å². The number of nitrogens with one attached hydrogen (secondary N) is 1. The zero-order chi connectivity index (χ0) is 15.8. The maximum Gasteiger partial charge on any atom is 0.410 e. The van der Waals surface area contributed by atoms with Crippen LogP contribution in [-0.4, -0.2) is 50.4 Å². The highest BCUT2D eigenvalue weighted by Gasteiger charge is 2.27. The summed E-state index contributed by atoms with van der Waals surface area (Å²) in [6, 6.07) is 8.12. The molecule has 1 fully saturated rings. The minimum Gasteiger partial charge on any atom is -0.497 e. The van der Waals surface area contributed by atoms with Crippen molar-refractivity contribution >= 4 is 6.09 Å². The number of hydrogen-bond donors (Lipinski definition) is 1. The van der Waals surface area contributed by atoms with Gasteiger partial charge in [-0.2, -0.15) is 0 Å². The molecule has 5 heteroatoms. The number of amides is 1. The molecule has 1 aliphatic heterocycles. The second-order valence-electron chi connectivity index (χ2n) is 5.57. The molecule has 22 heavy (non-hydrogen) atoms. The van der Waals surface area contributed by atoms with Gasteiger partial charge in [0.15, 0.2) is 0 Å². The number of hydrogen-bond acceptors (Lipinski definition) is 4. The normalized spacial score (nSPS) is 18.1. The highest BCUT2D eigenvalue weighted by molar-refractivity contribution is 5.68. The Kier molecular flexibility index (Phi) is 6.52. The van der Waals surface area contributed by atoms with E-state index in [1.807, 2.05) is 23.1 Å². The zero-order valence-electron chi connectivity index (χ0n) is 13.5. The van der Waals surface area contributed by atoms with E-state index >= 15 is 0 Å². The van der Waals surface area contributed by atoms with E-state index in [9.17, 15) is 4.79 Å². The van der Waals surface area contributed by atoms with Crippen LogP contribution in [-0.2, 0) is 11.2 Å². The molecule has 1 saturated heterocycles. The fourth-order valence-electron chi connectivity index (χ4n) is 2.64. The maximum atomic E-state index is 12.2. The SMILES string of the molecule is CCCCOC(=O)N1CCNCC1Cc1cccc(OC)c1. The van der Waals surface area contributed by atoms with Crippen molar-refractivity contribution in [2.45, 2.75) is 32.2 Å². The molecule has 1 N–H and O–H groups in total. The van der Waals surface area contributed by atoms with Crippen LogP contribution in [0.4, 0.5) is 4.79 Å². The van der Waals surface area contributed by atoms with Gasteiger partial charge in [-0.3, -0.25) is 0 Å². The minimum atomic E-state index is -0.192. The molecule has 1 amide bonds. The van der Waals surface area contributed by atoms with E-state index in [-0.39, 0.29) is 12.1 Å². The van der Waals surface area contributed by atoms with E-state index in [1.54, 1.807) is 7.11 Å². The predicted molar refractivity (Wildman–Crippen MR) is 86.3 cm³/mol. The number of rotatable bonds is 6. The first-order chi connectivity index (χ1) is 10.7. The van der Waals surface area contributed by atoms with Crippen molar-refractivity contribution in [1.82, 2.24) is 10.2 Å². The molecule has 0 aromatic heterocycles. The molecule has 1 aliphatic rings. The van der Waals surface area contributed by atoms with Crippen molar-refractivity contribution in [3.63, 3.8) is 0 Å². The van der Waals surface area contributed by atoms with Gasteiger partial charge in [-0.25, -0.2) is 4.79 Å². The molecule has 0 radical (unpaired) electrons. The van der Waals surface area contributed by atoms with Crippen LogP contribution < -0.4 is 10.1 Å². The number of unbranched alkanes of at least 4 members (excludes halogenated alkanes) is 1. The van der Waals surface area contributed by atoms with Gasteiger partial charge >= 0.3 is 6.09 Å². The zero-order valence-corrected chi connectivity index (χ0v) is 13.5. The van der Waals surface area contributed by atoms with Crippen molar-refractivity contribution in [3.05, 3.63) is 29.8 Å². The Labute approximate surface area is 132 Å². The van der Waals surface area contributed by atoms with Gasteiger partial charge < -0.3 is 19.7 Å². The van der Waals surface area contributed by atoms with E-state index in [2.05, 4.69) is 18.3 Å². The van der Waals surface area contributed by atoms with Crippen LogP contribution in [0.3, 0.4) is 0 Å².